The van der Waals surface area contributed by atoms with E-state index in [1.54, 1.807) is 18.2 Å². The Morgan fingerprint density at radius 3 is 2.22 bits per heavy atom. The van der Waals surface area contributed by atoms with Crippen molar-refractivity contribution in [3.8, 4) is 22.6 Å². The number of aryl methyl sites for hydroxylation is 1. The quantitative estimate of drug-likeness (QED) is 0.486. The minimum Gasteiger partial charge on any atom is -0.484 e. The number of halogens is 1. The average Bonchev–Trinajstić information content (AvgIpc) is 2.82. The van der Waals surface area contributed by atoms with Crippen LogP contribution in [-0.2, 0) is 9.59 Å². The van der Waals surface area contributed by atoms with Gasteiger partial charge in [0, 0.05) is 5.02 Å². The predicted molar refractivity (Wildman–Crippen MR) is 125 cm³/mol. The lowest BCUT2D eigenvalue weighted by Gasteiger charge is -2.18. The molecule has 0 spiro atoms. The van der Waals surface area contributed by atoms with Crippen molar-refractivity contribution in [3.63, 3.8) is 0 Å². The van der Waals surface area contributed by atoms with Crippen LogP contribution in [0.1, 0.15) is 18.9 Å². The maximum absolute atomic E-state index is 12.4. The van der Waals surface area contributed by atoms with Crippen molar-refractivity contribution < 1.29 is 19.1 Å². The van der Waals surface area contributed by atoms with E-state index >= 15 is 0 Å². The highest BCUT2D eigenvalue weighted by molar-refractivity contribution is 6.31. The molecule has 1 unspecified atom stereocenters. The number of hydrogen-bond donors (Lipinski definition) is 2. The second-order valence-corrected chi connectivity index (χ2v) is 7.55. The summed E-state index contributed by atoms with van der Waals surface area (Å²) in [5.41, 5.74) is 7.72. The monoisotopic (exact) mass is 452 g/mol. The van der Waals surface area contributed by atoms with E-state index < -0.39 is 17.9 Å². The lowest BCUT2D eigenvalue weighted by molar-refractivity contribution is -0.134. The van der Waals surface area contributed by atoms with E-state index in [4.69, 9.17) is 21.1 Å². The third-order valence-corrected chi connectivity index (χ3v) is 5.15. The topological polar surface area (TPSA) is 76.7 Å². The molecule has 0 fully saturated rings. The number of carbonyl (C=O) groups is 2. The Hall–Kier alpha value is -3.51. The van der Waals surface area contributed by atoms with Gasteiger partial charge in [-0.3, -0.25) is 20.4 Å². The summed E-state index contributed by atoms with van der Waals surface area (Å²) >= 11 is 5.97. The van der Waals surface area contributed by atoms with Crippen molar-refractivity contribution in [1.29, 1.82) is 0 Å². The molecule has 32 heavy (non-hydrogen) atoms. The van der Waals surface area contributed by atoms with Crippen LogP contribution in [0.4, 0.5) is 0 Å². The Morgan fingerprint density at radius 2 is 1.56 bits per heavy atom. The number of carbonyl (C=O) groups excluding carboxylic acids is 2. The molecule has 166 valence electrons. The van der Waals surface area contributed by atoms with Crippen LogP contribution in [0.2, 0.25) is 5.02 Å². The first-order chi connectivity index (χ1) is 15.5. The van der Waals surface area contributed by atoms with E-state index in [1.165, 1.54) is 0 Å². The summed E-state index contributed by atoms with van der Waals surface area (Å²) in [5, 5.41) is 0.620. The molecule has 0 saturated carbocycles. The fraction of sp³-hybridized carbons (Fsp3) is 0.200. The van der Waals surface area contributed by atoms with Gasteiger partial charge in [-0.15, -0.1) is 0 Å². The molecule has 3 aromatic carbocycles. The first-order valence-electron chi connectivity index (χ1n) is 10.3. The third kappa shape index (κ3) is 6.49. The van der Waals surface area contributed by atoms with Gasteiger partial charge in [0.25, 0.3) is 11.8 Å². The van der Waals surface area contributed by atoms with Crippen molar-refractivity contribution in [2.45, 2.75) is 26.4 Å². The fourth-order valence-electron chi connectivity index (χ4n) is 2.95. The number of amides is 2. The van der Waals surface area contributed by atoms with Crippen LogP contribution in [0.25, 0.3) is 11.1 Å². The van der Waals surface area contributed by atoms with Crippen molar-refractivity contribution >= 4 is 23.4 Å². The molecule has 2 N–H and O–H groups in total. The largest absolute Gasteiger partial charge is 0.484 e. The number of ether oxygens (including phenoxy) is 2. The van der Waals surface area contributed by atoms with Gasteiger partial charge < -0.3 is 9.47 Å². The van der Waals surface area contributed by atoms with Crippen LogP contribution in [-0.4, -0.2) is 24.5 Å². The van der Waals surface area contributed by atoms with Crippen molar-refractivity contribution in [2.24, 2.45) is 0 Å². The molecule has 0 aliphatic carbocycles. The zero-order valence-corrected chi connectivity index (χ0v) is 18.7. The Labute approximate surface area is 192 Å². The van der Waals surface area contributed by atoms with E-state index in [1.807, 2.05) is 68.4 Å². The van der Waals surface area contributed by atoms with E-state index in [0.717, 1.165) is 16.7 Å². The van der Waals surface area contributed by atoms with Gasteiger partial charge in [0.05, 0.1) is 0 Å². The van der Waals surface area contributed by atoms with Gasteiger partial charge >= 0.3 is 0 Å². The van der Waals surface area contributed by atoms with Crippen LogP contribution in [0, 0.1) is 6.92 Å². The summed E-state index contributed by atoms with van der Waals surface area (Å²) in [6.45, 7) is 3.42. The lowest BCUT2D eigenvalue weighted by Crippen LogP contribution is -2.49. The molecule has 3 rings (SSSR count). The summed E-state index contributed by atoms with van der Waals surface area (Å²) in [5.74, 6) is 0.143. The molecule has 1 atom stereocenters. The molecule has 6 nitrogen and oxygen atoms in total. The molecular formula is C25H25ClN2O4. The van der Waals surface area contributed by atoms with Crippen LogP contribution in [0.5, 0.6) is 11.5 Å². The highest BCUT2D eigenvalue weighted by Gasteiger charge is 2.19. The molecule has 0 radical (unpaired) electrons. The van der Waals surface area contributed by atoms with Crippen LogP contribution in [0.3, 0.4) is 0 Å². The normalized spacial score (nSPS) is 11.3. The van der Waals surface area contributed by atoms with E-state index in [2.05, 4.69) is 10.9 Å². The number of hydrogen-bond acceptors (Lipinski definition) is 4. The molecule has 0 aliphatic rings. The Morgan fingerprint density at radius 1 is 0.906 bits per heavy atom. The van der Waals surface area contributed by atoms with Gasteiger partial charge in [0.1, 0.15) is 11.5 Å². The summed E-state index contributed by atoms with van der Waals surface area (Å²) in [7, 11) is 0. The minimum atomic E-state index is -0.752. The van der Waals surface area contributed by atoms with Gasteiger partial charge in [0.15, 0.2) is 12.7 Å². The van der Waals surface area contributed by atoms with Gasteiger partial charge in [-0.2, -0.15) is 0 Å². The van der Waals surface area contributed by atoms with Crippen LogP contribution in [0.15, 0.2) is 72.8 Å². The molecule has 0 heterocycles. The Kier molecular flexibility index (Phi) is 8.11. The molecule has 7 heteroatoms. The van der Waals surface area contributed by atoms with E-state index in [-0.39, 0.29) is 6.61 Å². The number of hydrazine groups is 1. The molecule has 0 bridgehead atoms. The van der Waals surface area contributed by atoms with Gasteiger partial charge in [0.2, 0.25) is 0 Å². The van der Waals surface area contributed by atoms with Crippen LogP contribution < -0.4 is 20.3 Å². The van der Waals surface area contributed by atoms with E-state index in [0.29, 0.717) is 22.9 Å². The predicted octanol–water partition coefficient (Wildman–Crippen LogP) is 4.70. The maximum Gasteiger partial charge on any atom is 0.279 e. The molecule has 0 saturated heterocycles. The summed E-state index contributed by atoms with van der Waals surface area (Å²) < 4.78 is 11.2. The van der Waals surface area contributed by atoms with Gasteiger partial charge in [-0.1, -0.05) is 61.0 Å². The third-order valence-electron chi connectivity index (χ3n) is 4.73. The average molecular weight is 453 g/mol. The van der Waals surface area contributed by atoms with Gasteiger partial charge in [-0.05, 0) is 60.4 Å². The smallest absolute Gasteiger partial charge is 0.279 e. The minimum absolute atomic E-state index is 0.250. The Bertz CT molecular complexity index is 1060. The number of nitrogens with one attached hydrogen (secondary N) is 2. The summed E-state index contributed by atoms with van der Waals surface area (Å²) in [4.78, 5) is 24.4. The summed E-state index contributed by atoms with van der Waals surface area (Å²) in [6.07, 6.45) is -0.319. The first kappa shape index (κ1) is 23.2. The van der Waals surface area contributed by atoms with E-state index in [9.17, 15) is 9.59 Å². The van der Waals surface area contributed by atoms with Gasteiger partial charge in [-0.25, -0.2) is 0 Å². The molecular weight excluding hydrogens is 428 g/mol. The fourth-order valence-corrected chi connectivity index (χ4v) is 3.06. The highest BCUT2D eigenvalue weighted by Crippen LogP contribution is 2.23. The molecule has 0 aromatic heterocycles. The second-order valence-electron chi connectivity index (χ2n) is 7.14. The SMILES string of the molecule is CCC(Oc1ccc(-c2ccccc2)cc1)C(=O)NNC(=O)COc1ccc(Cl)c(C)c1. The standard InChI is InChI=1S/C25H25ClN2O4/c1-3-23(32-20-11-9-19(10-12-20)18-7-5-4-6-8-18)25(30)28-27-24(29)16-31-21-13-14-22(26)17(2)15-21/h4-15,23H,3,16H2,1-2H3,(H,27,29)(H,28,30). The molecule has 3 aromatic rings. The van der Waals surface area contributed by atoms with Crippen molar-refractivity contribution in [1.82, 2.24) is 10.9 Å². The van der Waals surface area contributed by atoms with Crippen molar-refractivity contribution in [3.05, 3.63) is 83.4 Å². The maximum atomic E-state index is 12.4. The summed E-state index contributed by atoms with van der Waals surface area (Å²) in [6, 6.07) is 22.6. The van der Waals surface area contributed by atoms with Crippen LogP contribution >= 0.6 is 11.6 Å². The van der Waals surface area contributed by atoms with Crippen molar-refractivity contribution in [2.75, 3.05) is 6.61 Å². The lowest BCUT2D eigenvalue weighted by atomic mass is 10.1. The zero-order chi connectivity index (χ0) is 22.9. The first-order valence-corrected chi connectivity index (χ1v) is 10.6. The highest BCUT2D eigenvalue weighted by atomic mass is 35.5. The number of rotatable bonds is 8. The molecule has 2 amide bonds. The molecule has 0 aliphatic heterocycles. The number of benzene rings is 3. The Balaban J connectivity index is 1.47. The second kappa shape index (κ2) is 11.2. The zero-order valence-electron chi connectivity index (χ0n) is 17.9.